The summed E-state index contributed by atoms with van der Waals surface area (Å²) in [6.07, 6.45) is 0.123. The molecule has 3 rings (SSSR count). The first-order chi connectivity index (χ1) is 11.1. The average Bonchev–Trinajstić information content (AvgIpc) is 2.87. The largest absolute Gasteiger partial charge is 0.364 e. The Hall–Kier alpha value is -2.20. The van der Waals surface area contributed by atoms with Crippen molar-refractivity contribution in [3.63, 3.8) is 0 Å². The van der Waals surface area contributed by atoms with Gasteiger partial charge in [-0.05, 0) is 49.6 Å². The predicted molar refractivity (Wildman–Crippen MR) is 87.7 cm³/mol. The van der Waals surface area contributed by atoms with E-state index in [-0.39, 0.29) is 17.8 Å². The van der Waals surface area contributed by atoms with Gasteiger partial charge >= 0.3 is 0 Å². The lowest BCUT2D eigenvalue weighted by Gasteiger charge is -2.26. The molecule has 1 heterocycles. The van der Waals surface area contributed by atoms with Crippen molar-refractivity contribution in [2.24, 2.45) is 0 Å². The highest BCUT2D eigenvalue weighted by molar-refractivity contribution is 5.98. The lowest BCUT2D eigenvalue weighted by Crippen LogP contribution is -2.42. The Morgan fingerprint density at radius 2 is 2.04 bits per heavy atom. The molecule has 0 spiro atoms. The van der Waals surface area contributed by atoms with Crippen molar-refractivity contribution >= 4 is 11.6 Å². The summed E-state index contributed by atoms with van der Waals surface area (Å²) in [6, 6.07) is 14.4. The lowest BCUT2D eigenvalue weighted by atomic mass is 10.1. The van der Waals surface area contributed by atoms with Crippen LogP contribution in [-0.2, 0) is 22.6 Å². The van der Waals surface area contributed by atoms with Gasteiger partial charge in [0.05, 0.1) is 6.61 Å². The van der Waals surface area contributed by atoms with Crippen LogP contribution in [0.2, 0.25) is 0 Å². The van der Waals surface area contributed by atoms with Crippen LogP contribution in [0, 0.1) is 5.82 Å². The van der Waals surface area contributed by atoms with E-state index in [0.29, 0.717) is 13.0 Å². The van der Waals surface area contributed by atoms with Crippen molar-refractivity contribution in [2.75, 3.05) is 4.90 Å². The van der Waals surface area contributed by atoms with E-state index in [1.54, 1.807) is 17.9 Å². The normalized spacial score (nSPS) is 17.9. The van der Waals surface area contributed by atoms with Crippen molar-refractivity contribution in [3.8, 4) is 0 Å². The van der Waals surface area contributed by atoms with Crippen LogP contribution in [0.3, 0.4) is 0 Å². The molecule has 2 unspecified atom stereocenters. The first-order valence-corrected chi connectivity index (χ1v) is 7.83. The third-order valence-corrected chi connectivity index (χ3v) is 4.19. The zero-order valence-corrected chi connectivity index (χ0v) is 13.3. The first kappa shape index (κ1) is 15.7. The third kappa shape index (κ3) is 3.27. The Labute approximate surface area is 135 Å². The smallest absolute Gasteiger partial charge is 0.256 e. The highest BCUT2D eigenvalue weighted by Crippen LogP contribution is 2.33. The molecule has 1 aliphatic rings. The second-order valence-corrected chi connectivity index (χ2v) is 5.97. The summed E-state index contributed by atoms with van der Waals surface area (Å²) in [5.41, 5.74) is 2.70. The number of carbonyl (C=O) groups excluding carboxylic acids is 1. The molecule has 0 aromatic heterocycles. The molecule has 1 aliphatic heterocycles. The van der Waals surface area contributed by atoms with Crippen LogP contribution >= 0.6 is 0 Å². The van der Waals surface area contributed by atoms with Crippen molar-refractivity contribution in [1.82, 2.24) is 0 Å². The van der Waals surface area contributed by atoms with Crippen molar-refractivity contribution < 1.29 is 13.9 Å². The number of nitrogens with zero attached hydrogens (tertiary/aromatic N) is 1. The maximum atomic E-state index is 13.4. The van der Waals surface area contributed by atoms with E-state index in [1.807, 2.05) is 37.3 Å². The van der Waals surface area contributed by atoms with Gasteiger partial charge in [0.25, 0.3) is 5.91 Å². The highest BCUT2D eigenvalue weighted by atomic mass is 19.1. The van der Waals surface area contributed by atoms with Crippen LogP contribution < -0.4 is 4.90 Å². The summed E-state index contributed by atoms with van der Waals surface area (Å²) in [5.74, 6) is -0.350. The second kappa shape index (κ2) is 6.50. The molecule has 2 atom stereocenters. The minimum absolute atomic E-state index is 0.0158. The molecule has 23 heavy (non-hydrogen) atoms. The number of ether oxygens (including phenoxy) is 1. The van der Waals surface area contributed by atoms with E-state index in [2.05, 4.69) is 0 Å². The van der Waals surface area contributed by atoms with Crippen LogP contribution in [0.4, 0.5) is 10.1 Å². The van der Waals surface area contributed by atoms with Gasteiger partial charge in [-0.3, -0.25) is 4.79 Å². The quantitative estimate of drug-likeness (QED) is 0.861. The minimum Gasteiger partial charge on any atom is -0.364 e. The molecule has 1 amide bonds. The summed E-state index contributed by atoms with van der Waals surface area (Å²) in [7, 11) is 0. The SMILES string of the molecule is CC(OCc1ccccc1)C(=O)N1c2ccc(F)cc2CC1C. The van der Waals surface area contributed by atoms with Crippen molar-refractivity contribution in [1.29, 1.82) is 0 Å². The van der Waals surface area contributed by atoms with Crippen LogP contribution in [-0.4, -0.2) is 18.1 Å². The number of hydrogen-bond donors (Lipinski definition) is 0. The van der Waals surface area contributed by atoms with Gasteiger partial charge in [0.2, 0.25) is 0 Å². The first-order valence-electron chi connectivity index (χ1n) is 7.83. The monoisotopic (exact) mass is 313 g/mol. The van der Waals surface area contributed by atoms with Crippen LogP contribution in [0.25, 0.3) is 0 Å². The van der Waals surface area contributed by atoms with Gasteiger partial charge in [0, 0.05) is 11.7 Å². The number of amides is 1. The minimum atomic E-state index is -0.548. The Morgan fingerprint density at radius 3 is 2.78 bits per heavy atom. The summed E-state index contributed by atoms with van der Waals surface area (Å²) < 4.78 is 19.1. The van der Waals surface area contributed by atoms with Gasteiger partial charge in [0.1, 0.15) is 11.9 Å². The maximum Gasteiger partial charge on any atom is 0.256 e. The van der Waals surface area contributed by atoms with Crippen LogP contribution in [0.15, 0.2) is 48.5 Å². The lowest BCUT2D eigenvalue weighted by molar-refractivity contribution is -0.130. The fourth-order valence-corrected chi connectivity index (χ4v) is 3.00. The van der Waals surface area contributed by atoms with Gasteiger partial charge in [0.15, 0.2) is 0 Å². The molecule has 0 aliphatic carbocycles. The Morgan fingerprint density at radius 1 is 1.30 bits per heavy atom. The van der Waals surface area contributed by atoms with Gasteiger partial charge in [-0.2, -0.15) is 0 Å². The molecule has 0 saturated carbocycles. The Kier molecular flexibility index (Phi) is 4.44. The predicted octanol–water partition coefficient (Wildman–Crippen LogP) is 3.71. The molecular weight excluding hydrogens is 293 g/mol. The van der Waals surface area contributed by atoms with E-state index < -0.39 is 6.10 Å². The van der Waals surface area contributed by atoms with Crippen LogP contribution in [0.5, 0.6) is 0 Å². The molecule has 2 aromatic rings. The average molecular weight is 313 g/mol. The van der Waals surface area contributed by atoms with Crippen LogP contribution in [0.1, 0.15) is 25.0 Å². The number of halogens is 1. The van der Waals surface area contributed by atoms with E-state index in [0.717, 1.165) is 16.8 Å². The van der Waals surface area contributed by atoms with E-state index in [4.69, 9.17) is 4.74 Å². The fraction of sp³-hybridized carbons (Fsp3) is 0.316. The molecule has 0 radical (unpaired) electrons. The summed E-state index contributed by atoms with van der Waals surface area (Å²) in [5, 5.41) is 0. The molecule has 2 aromatic carbocycles. The second-order valence-electron chi connectivity index (χ2n) is 5.97. The number of fused-ring (bicyclic) bond motifs is 1. The zero-order chi connectivity index (χ0) is 16.4. The molecular formula is C19H20FNO2. The number of rotatable bonds is 4. The zero-order valence-electron chi connectivity index (χ0n) is 13.3. The fourth-order valence-electron chi connectivity index (χ4n) is 3.00. The third-order valence-electron chi connectivity index (χ3n) is 4.19. The molecule has 0 bridgehead atoms. The van der Waals surface area contributed by atoms with Crippen molar-refractivity contribution in [3.05, 3.63) is 65.5 Å². The van der Waals surface area contributed by atoms with E-state index in [9.17, 15) is 9.18 Å². The number of benzene rings is 2. The molecule has 0 N–H and O–H groups in total. The number of hydrogen-bond acceptors (Lipinski definition) is 2. The standard InChI is InChI=1S/C19H20FNO2/c1-13-10-16-11-17(20)8-9-18(16)21(13)19(22)14(2)23-12-15-6-4-3-5-7-15/h3-9,11,13-14H,10,12H2,1-2H3. The van der Waals surface area contributed by atoms with E-state index in [1.165, 1.54) is 12.1 Å². The van der Waals surface area contributed by atoms with Gasteiger partial charge in [-0.1, -0.05) is 30.3 Å². The Bertz CT molecular complexity index is 702. The molecule has 120 valence electrons. The summed E-state index contributed by atoms with van der Waals surface area (Å²) >= 11 is 0. The summed E-state index contributed by atoms with van der Waals surface area (Å²) in [4.78, 5) is 14.5. The van der Waals surface area contributed by atoms with Gasteiger partial charge in [-0.15, -0.1) is 0 Å². The number of anilines is 1. The highest BCUT2D eigenvalue weighted by Gasteiger charge is 2.33. The summed E-state index contributed by atoms with van der Waals surface area (Å²) in [6.45, 7) is 4.13. The number of carbonyl (C=O) groups is 1. The molecule has 3 nitrogen and oxygen atoms in total. The molecule has 0 saturated heterocycles. The molecule has 4 heteroatoms. The van der Waals surface area contributed by atoms with Gasteiger partial charge < -0.3 is 9.64 Å². The van der Waals surface area contributed by atoms with E-state index >= 15 is 0 Å². The molecule has 0 fully saturated rings. The topological polar surface area (TPSA) is 29.5 Å². The maximum absolute atomic E-state index is 13.4. The Balaban J connectivity index is 1.70. The van der Waals surface area contributed by atoms with Crippen molar-refractivity contribution in [2.45, 2.75) is 39.0 Å². The van der Waals surface area contributed by atoms with Gasteiger partial charge in [-0.25, -0.2) is 4.39 Å².